The number of carboxylic acid groups (broad SMARTS) is 1. The highest BCUT2D eigenvalue weighted by Gasteiger charge is 2.30. The maximum Gasteiger partial charge on any atom is 0.320 e. The molecular formula is C14H26N4O3. The zero-order chi connectivity index (χ0) is 15.4. The Balaban J connectivity index is 1.87. The number of carbonyl (C=O) groups is 2. The van der Waals surface area contributed by atoms with Gasteiger partial charge < -0.3 is 19.8 Å². The molecule has 2 saturated heterocycles. The zero-order valence-corrected chi connectivity index (χ0v) is 13.0. The van der Waals surface area contributed by atoms with Gasteiger partial charge in [0.15, 0.2) is 0 Å². The summed E-state index contributed by atoms with van der Waals surface area (Å²) < 4.78 is 0. The number of rotatable bonds is 2. The number of hydrogen-bond donors (Lipinski definition) is 1. The van der Waals surface area contributed by atoms with Gasteiger partial charge in [0.2, 0.25) is 0 Å². The lowest BCUT2D eigenvalue weighted by molar-refractivity contribution is -0.138. The molecule has 2 fully saturated rings. The van der Waals surface area contributed by atoms with E-state index in [0.717, 1.165) is 26.1 Å². The van der Waals surface area contributed by atoms with Gasteiger partial charge in [-0.3, -0.25) is 9.69 Å². The molecule has 2 heterocycles. The highest BCUT2D eigenvalue weighted by molar-refractivity contribution is 5.75. The molecule has 1 N–H and O–H groups in total. The van der Waals surface area contributed by atoms with Crippen LogP contribution < -0.4 is 0 Å². The molecule has 2 aliphatic heterocycles. The van der Waals surface area contributed by atoms with Crippen molar-refractivity contribution in [1.29, 1.82) is 0 Å². The van der Waals surface area contributed by atoms with E-state index in [9.17, 15) is 9.59 Å². The average Bonchev–Trinajstić information content (AvgIpc) is 2.59. The first-order valence-electron chi connectivity index (χ1n) is 7.65. The fourth-order valence-electron chi connectivity index (χ4n) is 3.13. The summed E-state index contributed by atoms with van der Waals surface area (Å²) >= 11 is 0. The van der Waals surface area contributed by atoms with E-state index in [2.05, 4.69) is 18.9 Å². The average molecular weight is 298 g/mol. The molecule has 0 aliphatic carbocycles. The summed E-state index contributed by atoms with van der Waals surface area (Å²) in [6.07, 6.45) is 1.01. The smallest absolute Gasteiger partial charge is 0.320 e. The minimum atomic E-state index is -0.807. The lowest BCUT2D eigenvalue weighted by Crippen LogP contribution is -2.55. The Hall–Kier alpha value is -1.34. The van der Waals surface area contributed by atoms with Crippen molar-refractivity contribution >= 4 is 12.0 Å². The summed E-state index contributed by atoms with van der Waals surface area (Å²) in [5.41, 5.74) is 0. The largest absolute Gasteiger partial charge is 0.480 e. The van der Waals surface area contributed by atoms with Gasteiger partial charge in [-0.15, -0.1) is 0 Å². The summed E-state index contributed by atoms with van der Waals surface area (Å²) in [7, 11) is 2.09. The van der Waals surface area contributed by atoms with Crippen LogP contribution in [-0.4, -0.2) is 102 Å². The number of likely N-dealkylation sites (N-methyl/N-ethyl adjacent to an activating group) is 1. The molecule has 0 saturated carbocycles. The molecule has 120 valence electrons. The number of piperazine rings is 1. The molecule has 0 aromatic carbocycles. The van der Waals surface area contributed by atoms with Gasteiger partial charge in [-0.1, -0.05) is 0 Å². The molecule has 0 aromatic heterocycles. The third-order valence-electron chi connectivity index (χ3n) is 4.29. The normalized spacial score (nSPS) is 25.7. The third kappa shape index (κ3) is 4.31. The first kappa shape index (κ1) is 16.0. The number of hydrogen-bond acceptors (Lipinski definition) is 4. The molecular weight excluding hydrogens is 272 g/mol. The van der Waals surface area contributed by atoms with E-state index in [-0.39, 0.29) is 18.6 Å². The molecule has 2 amide bonds. The standard InChI is InChI=1S/C14H26N4O3/c1-12-10-15(2)4-3-5-18(12)14(21)17-8-6-16(7-9-17)11-13(19)20/h12H,3-11H2,1-2H3,(H,19,20). The first-order valence-corrected chi connectivity index (χ1v) is 7.65. The number of aliphatic carboxylic acids is 1. The Morgan fingerprint density at radius 2 is 1.76 bits per heavy atom. The van der Waals surface area contributed by atoms with Crippen LogP contribution in [-0.2, 0) is 4.79 Å². The number of nitrogens with zero attached hydrogens (tertiary/aromatic N) is 4. The van der Waals surface area contributed by atoms with Crippen molar-refractivity contribution < 1.29 is 14.7 Å². The van der Waals surface area contributed by atoms with Crippen molar-refractivity contribution in [2.45, 2.75) is 19.4 Å². The van der Waals surface area contributed by atoms with Crippen LogP contribution in [0.15, 0.2) is 0 Å². The molecule has 2 aliphatic rings. The summed E-state index contributed by atoms with van der Waals surface area (Å²) in [5, 5.41) is 8.80. The van der Waals surface area contributed by atoms with Crippen molar-refractivity contribution in [3.05, 3.63) is 0 Å². The SMILES string of the molecule is CC1CN(C)CCCN1C(=O)N1CCN(CC(=O)O)CC1. The lowest BCUT2D eigenvalue weighted by Gasteiger charge is -2.38. The van der Waals surface area contributed by atoms with E-state index in [0.29, 0.717) is 26.2 Å². The Bertz CT molecular complexity index is 382. The van der Waals surface area contributed by atoms with Crippen LogP contribution in [0.25, 0.3) is 0 Å². The molecule has 0 bridgehead atoms. The minimum Gasteiger partial charge on any atom is -0.480 e. The predicted octanol–water partition coefficient (Wildman–Crippen LogP) is -0.165. The summed E-state index contributed by atoms with van der Waals surface area (Å²) in [6, 6.07) is 0.329. The Morgan fingerprint density at radius 3 is 2.38 bits per heavy atom. The lowest BCUT2D eigenvalue weighted by atomic mass is 10.2. The van der Waals surface area contributed by atoms with E-state index < -0.39 is 5.97 Å². The summed E-state index contributed by atoms with van der Waals surface area (Å²) in [6.45, 7) is 7.41. The van der Waals surface area contributed by atoms with Crippen molar-refractivity contribution in [3.8, 4) is 0 Å². The van der Waals surface area contributed by atoms with E-state index >= 15 is 0 Å². The molecule has 0 spiro atoms. The molecule has 1 atom stereocenters. The van der Waals surface area contributed by atoms with Crippen LogP contribution in [0.3, 0.4) is 0 Å². The maximum absolute atomic E-state index is 12.7. The van der Waals surface area contributed by atoms with Crippen LogP contribution in [0.5, 0.6) is 0 Å². The molecule has 7 nitrogen and oxygen atoms in total. The van der Waals surface area contributed by atoms with E-state index in [1.165, 1.54) is 0 Å². The van der Waals surface area contributed by atoms with E-state index in [1.807, 2.05) is 14.7 Å². The van der Waals surface area contributed by atoms with Crippen LogP contribution in [0.1, 0.15) is 13.3 Å². The number of carboxylic acids is 1. The van der Waals surface area contributed by atoms with Gasteiger partial charge in [0.25, 0.3) is 0 Å². The Morgan fingerprint density at radius 1 is 1.10 bits per heavy atom. The second-order valence-electron chi connectivity index (χ2n) is 6.10. The van der Waals surface area contributed by atoms with Crippen molar-refractivity contribution in [2.75, 3.05) is 59.4 Å². The highest BCUT2D eigenvalue weighted by Crippen LogP contribution is 2.13. The Labute approximate surface area is 126 Å². The fourth-order valence-corrected chi connectivity index (χ4v) is 3.13. The van der Waals surface area contributed by atoms with Crippen molar-refractivity contribution in [1.82, 2.24) is 19.6 Å². The van der Waals surface area contributed by atoms with E-state index in [1.54, 1.807) is 0 Å². The van der Waals surface area contributed by atoms with Gasteiger partial charge in [0.1, 0.15) is 0 Å². The van der Waals surface area contributed by atoms with Gasteiger partial charge in [-0.25, -0.2) is 4.79 Å². The van der Waals surface area contributed by atoms with Crippen molar-refractivity contribution in [2.24, 2.45) is 0 Å². The number of carbonyl (C=O) groups excluding carboxylic acids is 1. The van der Waals surface area contributed by atoms with Crippen LogP contribution in [0.4, 0.5) is 4.79 Å². The van der Waals surface area contributed by atoms with Crippen molar-refractivity contribution in [3.63, 3.8) is 0 Å². The molecule has 21 heavy (non-hydrogen) atoms. The van der Waals surface area contributed by atoms with Crippen LogP contribution in [0, 0.1) is 0 Å². The Kier molecular flexibility index (Phi) is 5.41. The monoisotopic (exact) mass is 298 g/mol. The number of urea groups is 1. The van der Waals surface area contributed by atoms with Gasteiger partial charge in [0, 0.05) is 45.3 Å². The molecule has 1 unspecified atom stereocenters. The first-order chi connectivity index (χ1) is 9.97. The molecule has 0 aromatic rings. The fraction of sp³-hybridized carbons (Fsp3) is 0.857. The van der Waals surface area contributed by atoms with Gasteiger partial charge in [-0.05, 0) is 26.9 Å². The minimum absolute atomic E-state index is 0.0624. The third-order valence-corrected chi connectivity index (χ3v) is 4.29. The van der Waals surface area contributed by atoms with E-state index in [4.69, 9.17) is 5.11 Å². The second kappa shape index (κ2) is 7.09. The predicted molar refractivity (Wildman–Crippen MR) is 79.3 cm³/mol. The van der Waals surface area contributed by atoms with Crippen LogP contribution >= 0.6 is 0 Å². The van der Waals surface area contributed by atoms with Crippen LogP contribution in [0.2, 0.25) is 0 Å². The number of amides is 2. The summed E-state index contributed by atoms with van der Waals surface area (Å²) in [4.78, 5) is 31.3. The quantitative estimate of drug-likeness (QED) is 0.767. The second-order valence-corrected chi connectivity index (χ2v) is 6.10. The molecule has 2 rings (SSSR count). The van der Waals surface area contributed by atoms with Gasteiger partial charge in [-0.2, -0.15) is 0 Å². The topological polar surface area (TPSA) is 67.3 Å². The van der Waals surface area contributed by atoms with Gasteiger partial charge in [0.05, 0.1) is 6.54 Å². The molecule has 7 heteroatoms. The molecule has 0 radical (unpaired) electrons. The highest BCUT2D eigenvalue weighted by atomic mass is 16.4. The summed E-state index contributed by atoms with van der Waals surface area (Å²) in [5.74, 6) is -0.807. The van der Waals surface area contributed by atoms with Gasteiger partial charge >= 0.3 is 12.0 Å². The maximum atomic E-state index is 12.7. The zero-order valence-electron chi connectivity index (χ0n) is 13.0.